The smallest absolute Gasteiger partial charge is 0.281 e. The van der Waals surface area contributed by atoms with Gasteiger partial charge in [-0.3, -0.25) is 19.7 Å². The van der Waals surface area contributed by atoms with Crippen LogP contribution in [0.1, 0.15) is 18.6 Å². The molecule has 2 fully saturated rings. The zero-order chi connectivity index (χ0) is 21.0. The van der Waals surface area contributed by atoms with Crippen molar-refractivity contribution in [3.8, 4) is 11.3 Å². The summed E-state index contributed by atoms with van der Waals surface area (Å²) in [4.78, 5) is 36.3. The van der Waals surface area contributed by atoms with Crippen LogP contribution in [0.3, 0.4) is 0 Å². The zero-order valence-electron chi connectivity index (χ0n) is 15.6. The second-order valence-electron chi connectivity index (χ2n) is 7.69. The largest absolute Gasteiger partial charge is 0.455 e. The van der Waals surface area contributed by atoms with Crippen LogP contribution < -0.4 is 0 Å². The van der Waals surface area contributed by atoms with Crippen molar-refractivity contribution in [2.45, 2.75) is 12.8 Å². The average molecular weight is 426 g/mol. The number of allylic oxidation sites excluding steroid dienone is 2. The molecule has 0 N–H and O–H groups in total. The number of amides is 2. The van der Waals surface area contributed by atoms with Gasteiger partial charge >= 0.3 is 0 Å². The Hall–Kier alpha value is -3.26. The first-order valence-corrected chi connectivity index (χ1v) is 9.96. The fourth-order valence-corrected chi connectivity index (χ4v) is 4.88. The van der Waals surface area contributed by atoms with Gasteiger partial charge < -0.3 is 4.42 Å². The van der Waals surface area contributed by atoms with Crippen LogP contribution in [0.2, 0.25) is 5.02 Å². The molecule has 2 bridgehead atoms. The molecule has 2 amide bonds. The molecular formula is C21H16ClN3O5. The topological polar surface area (TPSA) is 106 Å². The maximum Gasteiger partial charge on any atom is 0.281 e. The van der Waals surface area contributed by atoms with E-state index in [0.717, 1.165) is 17.9 Å². The number of nitro benzene ring substituents is 1. The lowest BCUT2D eigenvalue weighted by Gasteiger charge is -2.37. The van der Waals surface area contributed by atoms with Crippen molar-refractivity contribution in [1.29, 1.82) is 0 Å². The monoisotopic (exact) mass is 425 g/mol. The van der Waals surface area contributed by atoms with Crippen molar-refractivity contribution < 1.29 is 18.9 Å². The number of hydrazone groups is 1. The maximum atomic E-state index is 12.8. The molecule has 152 valence electrons. The molecule has 1 aromatic heterocycles. The van der Waals surface area contributed by atoms with Gasteiger partial charge in [-0.15, -0.1) is 0 Å². The molecule has 1 saturated carbocycles. The fourth-order valence-electron chi connectivity index (χ4n) is 4.72. The Morgan fingerprint density at radius 1 is 1.10 bits per heavy atom. The number of nitrogens with zero attached hydrogens (tertiary/aromatic N) is 3. The molecule has 0 radical (unpaired) electrons. The molecule has 4 atom stereocenters. The van der Waals surface area contributed by atoms with E-state index in [9.17, 15) is 19.7 Å². The molecule has 8 nitrogen and oxygen atoms in total. The van der Waals surface area contributed by atoms with Crippen LogP contribution in [-0.4, -0.2) is 28.0 Å². The number of halogens is 1. The molecule has 0 spiro atoms. The summed E-state index contributed by atoms with van der Waals surface area (Å²) >= 11 is 5.85. The number of fused-ring (bicyclic) bond motifs is 1. The van der Waals surface area contributed by atoms with Gasteiger partial charge in [0.2, 0.25) is 0 Å². The lowest BCUT2D eigenvalue weighted by atomic mass is 9.63. The first kappa shape index (κ1) is 18.7. The van der Waals surface area contributed by atoms with Gasteiger partial charge in [0.25, 0.3) is 17.5 Å². The summed E-state index contributed by atoms with van der Waals surface area (Å²) in [6.07, 6.45) is 7.21. The predicted molar refractivity (Wildman–Crippen MR) is 108 cm³/mol. The van der Waals surface area contributed by atoms with E-state index in [1.165, 1.54) is 24.4 Å². The summed E-state index contributed by atoms with van der Waals surface area (Å²) in [5.74, 6) is -0.499. The Bertz CT molecular complexity index is 1110. The molecule has 3 aliphatic carbocycles. The van der Waals surface area contributed by atoms with Crippen LogP contribution in [0.4, 0.5) is 5.69 Å². The number of carbonyl (C=O) groups excluding carboxylic acids is 2. The minimum absolute atomic E-state index is 0.0947. The van der Waals surface area contributed by atoms with Crippen LogP contribution in [0, 0.1) is 33.8 Å². The molecule has 0 unspecified atom stereocenters. The highest BCUT2D eigenvalue weighted by molar-refractivity contribution is 6.30. The van der Waals surface area contributed by atoms with E-state index >= 15 is 0 Å². The molecule has 2 heterocycles. The van der Waals surface area contributed by atoms with Gasteiger partial charge in [-0.05, 0) is 48.9 Å². The SMILES string of the molecule is O=C1[C@@H]2[C@H](C(=O)N1/N=C\c1ccc(-c3ccc(Cl)cc3[N+](=O)[O-])o1)[C@@H]1C=C[C@H]2CC1. The Morgan fingerprint density at radius 2 is 1.77 bits per heavy atom. The maximum absolute atomic E-state index is 12.8. The molecule has 30 heavy (non-hydrogen) atoms. The van der Waals surface area contributed by atoms with Crippen LogP contribution in [0.15, 0.2) is 52.0 Å². The summed E-state index contributed by atoms with van der Waals surface area (Å²) in [5, 5.41) is 16.6. The summed E-state index contributed by atoms with van der Waals surface area (Å²) < 4.78 is 5.65. The average Bonchev–Trinajstić information content (AvgIpc) is 3.31. The summed E-state index contributed by atoms with van der Waals surface area (Å²) in [6.45, 7) is 0. The highest BCUT2D eigenvalue weighted by Gasteiger charge is 2.56. The Kier molecular flexibility index (Phi) is 4.32. The number of furan rings is 1. The molecule has 2 aromatic rings. The molecular weight excluding hydrogens is 410 g/mol. The van der Waals surface area contributed by atoms with E-state index in [-0.39, 0.29) is 63.3 Å². The van der Waals surface area contributed by atoms with Gasteiger partial charge in [0.05, 0.1) is 28.5 Å². The van der Waals surface area contributed by atoms with E-state index in [2.05, 4.69) is 5.10 Å². The third kappa shape index (κ3) is 2.87. The van der Waals surface area contributed by atoms with E-state index in [0.29, 0.717) is 0 Å². The molecule has 1 saturated heterocycles. The van der Waals surface area contributed by atoms with Crippen molar-refractivity contribution in [3.63, 3.8) is 0 Å². The molecule has 9 heteroatoms. The second-order valence-corrected chi connectivity index (χ2v) is 8.13. The van der Waals surface area contributed by atoms with Crippen LogP contribution in [-0.2, 0) is 9.59 Å². The lowest BCUT2D eigenvalue weighted by molar-refractivity contribution is -0.384. The second kappa shape index (κ2) is 6.91. The molecule has 1 aliphatic heterocycles. The fraction of sp³-hybridized carbons (Fsp3) is 0.286. The summed E-state index contributed by atoms with van der Waals surface area (Å²) in [7, 11) is 0. The number of hydrogen-bond donors (Lipinski definition) is 0. The first-order chi connectivity index (χ1) is 14.4. The number of carbonyl (C=O) groups is 2. The van der Waals surface area contributed by atoms with E-state index in [4.69, 9.17) is 16.0 Å². The number of benzene rings is 1. The lowest BCUT2D eigenvalue weighted by Crippen LogP contribution is -2.38. The summed E-state index contributed by atoms with van der Waals surface area (Å²) in [6, 6.07) is 7.42. The quantitative estimate of drug-likeness (QED) is 0.241. The standard InChI is InChI=1S/C21H16ClN3O5/c22-13-5-7-15(16(9-13)25(28)29)17-8-6-14(30-17)10-23-24-20(26)18-11-1-2-12(4-3-11)19(18)21(24)27/h1-2,5-12,18-19H,3-4H2/b23-10-/t11-,12+,18-,19+. The first-order valence-electron chi connectivity index (χ1n) is 9.58. The third-order valence-electron chi connectivity index (χ3n) is 6.09. The molecule has 6 rings (SSSR count). The molecule has 1 aromatic carbocycles. The van der Waals surface area contributed by atoms with Crippen LogP contribution in [0.5, 0.6) is 0 Å². The van der Waals surface area contributed by atoms with E-state index in [1.807, 2.05) is 12.2 Å². The van der Waals surface area contributed by atoms with Crippen molar-refractivity contribution in [1.82, 2.24) is 5.01 Å². The van der Waals surface area contributed by atoms with Crippen LogP contribution in [0.25, 0.3) is 11.3 Å². The van der Waals surface area contributed by atoms with E-state index in [1.54, 1.807) is 12.1 Å². The normalized spacial score (nSPS) is 27.3. The van der Waals surface area contributed by atoms with Gasteiger partial charge in [0, 0.05) is 11.1 Å². The summed E-state index contributed by atoms with van der Waals surface area (Å²) in [5.41, 5.74) is 0.0864. The van der Waals surface area contributed by atoms with Gasteiger partial charge in [-0.1, -0.05) is 23.8 Å². The Labute approximate surface area is 175 Å². The predicted octanol–water partition coefficient (Wildman–Crippen LogP) is 4.04. The van der Waals surface area contributed by atoms with Gasteiger partial charge in [0.15, 0.2) is 0 Å². The van der Waals surface area contributed by atoms with Gasteiger partial charge in [-0.2, -0.15) is 10.1 Å². The zero-order valence-corrected chi connectivity index (χ0v) is 16.4. The Balaban J connectivity index is 1.40. The van der Waals surface area contributed by atoms with Gasteiger partial charge in [0.1, 0.15) is 11.5 Å². The number of nitro groups is 1. The minimum Gasteiger partial charge on any atom is -0.455 e. The van der Waals surface area contributed by atoms with E-state index < -0.39 is 4.92 Å². The number of rotatable bonds is 4. The van der Waals surface area contributed by atoms with Crippen molar-refractivity contribution >= 4 is 35.3 Å². The minimum atomic E-state index is -0.539. The van der Waals surface area contributed by atoms with Crippen LogP contribution >= 0.6 is 11.6 Å². The third-order valence-corrected chi connectivity index (χ3v) is 6.32. The highest BCUT2D eigenvalue weighted by atomic mass is 35.5. The van der Waals surface area contributed by atoms with Crippen molar-refractivity contribution in [3.05, 3.63) is 63.4 Å². The Morgan fingerprint density at radius 3 is 2.37 bits per heavy atom. The molecule has 4 aliphatic rings. The number of imide groups is 1. The highest BCUT2D eigenvalue weighted by Crippen LogP contribution is 2.49. The van der Waals surface area contributed by atoms with Gasteiger partial charge in [-0.25, -0.2) is 0 Å². The number of hydrogen-bond acceptors (Lipinski definition) is 6. The van der Waals surface area contributed by atoms with Crippen molar-refractivity contribution in [2.24, 2.45) is 28.8 Å². The van der Waals surface area contributed by atoms with Crippen molar-refractivity contribution in [2.75, 3.05) is 0 Å².